The molecule has 1 aliphatic carbocycles. The summed E-state index contributed by atoms with van der Waals surface area (Å²) in [5, 5.41) is 0. The van der Waals surface area contributed by atoms with E-state index in [9.17, 15) is 0 Å². The minimum atomic E-state index is 0.908. The molecule has 1 saturated carbocycles. The average molecular weight is 330 g/mol. The Morgan fingerprint density at radius 3 is 2.75 bits per heavy atom. The molecule has 16 heavy (non-hydrogen) atoms. The maximum Gasteiger partial charge on any atom is 0.0600 e. The van der Waals surface area contributed by atoms with E-state index in [4.69, 9.17) is 5.73 Å². The van der Waals surface area contributed by atoms with Gasteiger partial charge < -0.3 is 10.6 Å². The molecule has 3 heteroatoms. The van der Waals surface area contributed by atoms with Crippen molar-refractivity contribution in [1.29, 1.82) is 0 Å². The van der Waals surface area contributed by atoms with Gasteiger partial charge in [0.2, 0.25) is 0 Å². The SMILES string of the molecule is CCCN(CC1CC1)c1ccc(I)cc1N. The Hall–Kier alpha value is -0.450. The van der Waals surface area contributed by atoms with E-state index in [0.717, 1.165) is 18.2 Å². The summed E-state index contributed by atoms with van der Waals surface area (Å²) in [5.74, 6) is 0.908. The molecule has 2 nitrogen and oxygen atoms in total. The Morgan fingerprint density at radius 2 is 2.19 bits per heavy atom. The second-order valence-electron chi connectivity index (χ2n) is 4.59. The summed E-state index contributed by atoms with van der Waals surface area (Å²) >= 11 is 2.31. The standard InChI is InChI=1S/C13H19IN2/c1-2-7-16(9-10-3-4-10)13-6-5-11(14)8-12(13)15/h5-6,8,10H,2-4,7,9,15H2,1H3. The molecule has 2 N–H and O–H groups in total. The molecule has 1 aliphatic rings. The van der Waals surface area contributed by atoms with Crippen molar-refractivity contribution in [2.24, 2.45) is 5.92 Å². The summed E-state index contributed by atoms with van der Waals surface area (Å²) in [4.78, 5) is 2.45. The highest BCUT2D eigenvalue weighted by molar-refractivity contribution is 14.1. The number of nitrogens with zero attached hydrogens (tertiary/aromatic N) is 1. The van der Waals surface area contributed by atoms with Crippen molar-refractivity contribution < 1.29 is 0 Å². The second kappa shape index (κ2) is 5.25. The van der Waals surface area contributed by atoms with Crippen LogP contribution in [0.2, 0.25) is 0 Å². The van der Waals surface area contributed by atoms with E-state index in [1.807, 2.05) is 0 Å². The normalized spacial score (nSPS) is 15.1. The van der Waals surface area contributed by atoms with Crippen molar-refractivity contribution in [3.05, 3.63) is 21.8 Å². The molecule has 0 atom stereocenters. The van der Waals surface area contributed by atoms with Gasteiger partial charge in [-0.3, -0.25) is 0 Å². The monoisotopic (exact) mass is 330 g/mol. The van der Waals surface area contributed by atoms with Gasteiger partial charge in [0.25, 0.3) is 0 Å². The number of halogens is 1. The Bertz CT molecular complexity index is 361. The van der Waals surface area contributed by atoms with Crippen LogP contribution in [0.15, 0.2) is 18.2 Å². The van der Waals surface area contributed by atoms with Crippen LogP contribution in [0.25, 0.3) is 0 Å². The first-order valence-corrected chi connectivity index (χ1v) is 7.08. The van der Waals surface area contributed by atoms with Gasteiger partial charge in [-0.25, -0.2) is 0 Å². The summed E-state index contributed by atoms with van der Waals surface area (Å²) in [6.07, 6.45) is 3.97. The first-order valence-electron chi connectivity index (χ1n) is 6.00. The summed E-state index contributed by atoms with van der Waals surface area (Å²) in [6, 6.07) is 6.36. The number of nitrogen functional groups attached to an aromatic ring is 1. The van der Waals surface area contributed by atoms with E-state index in [-0.39, 0.29) is 0 Å². The average Bonchev–Trinajstić information content (AvgIpc) is 3.01. The van der Waals surface area contributed by atoms with Gasteiger partial charge in [0.15, 0.2) is 0 Å². The highest BCUT2D eigenvalue weighted by Crippen LogP contribution is 2.33. The summed E-state index contributed by atoms with van der Waals surface area (Å²) in [6.45, 7) is 4.52. The molecule has 1 aromatic rings. The molecule has 0 heterocycles. The zero-order valence-corrected chi connectivity index (χ0v) is 11.9. The maximum absolute atomic E-state index is 6.10. The molecule has 0 spiro atoms. The van der Waals surface area contributed by atoms with E-state index in [0.29, 0.717) is 0 Å². The number of hydrogen-bond acceptors (Lipinski definition) is 2. The smallest absolute Gasteiger partial charge is 0.0600 e. The fourth-order valence-corrected chi connectivity index (χ4v) is 2.52. The van der Waals surface area contributed by atoms with Crippen LogP contribution in [0, 0.1) is 9.49 Å². The van der Waals surface area contributed by atoms with Gasteiger partial charge in [-0.15, -0.1) is 0 Å². The molecule has 0 radical (unpaired) electrons. The maximum atomic E-state index is 6.10. The fraction of sp³-hybridized carbons (Fsp3) is 0.538. The fourth-order valence-electron chi connectivity index (χ4n) is 2.01. The molecule has 0 bridgehead atoms. The Balaban J connectivity index is 2.15. The molecule has 88 valence electrons. The molecule has 1 aromatic carbocycles. The number of anilines is 2. The van der Waals surface area contributed by atoms with Gasteiger partial charge in [0.1, 0.15) is 0 Å². The molecule has 0 amide bonds. The highest BCUT2D eigenvalue weighted by atomic mass is 127. The van der Waals surface area contributed by atoms with Crippen molar-refractivity contribution in [2.45, 2.75) is 26.2 Å². The molecular formula is C13H19IN2. The number of hydrogen-bond donors (Lipinski definition) is 1. The molecular weight excluding hydrogens is 311 g/mol. The van der Waals surface area contributed by atoms with Crippen LogP contribution in [0.1, 0.15) is 26.2 Å². The first-order chi connectivity index (χ1) is 7.70. The van der Waals surface area contributed by atoms with Gasteiger partial charge >= 0.3 is 0 Å². The Labute approximate surface area is 111 Å². The van der Waals surface area contributed by atoms with E-state index >= 15 is 0 Å². The van der Waals surface area contributed by atoms with Crippen LogP contribution in [0.4, 0.5) is 11.4 Å². The zero-order chi connectivity index (χ0) is 11.5. The summed E-state index contributed by atoms with van der Waals surface area (Å²) < 4.78 is 1.21. The van der Waals surface area contributed by atoms with E-state index in [1.165, 1.54) is 35.1 Å². The van der Waals surface area contributed by atoms with Crippen LogP contribution < -0.4 is 10.6 Å². The minimum Gasteiger partial charge on any atom is -0.397 e. The molecule has 0 unspecified atom stereocenters. The molecule has 0 aliphatic heterocycles. The third-order valence-electron chi connectivity index (χ3n) is 3.00. The van der Waals surface area contributed by atoms with Crippen molar-refractivity contribution in [3.8, 4) is 0 Å². The van der Waals surface area contributed by atoms with E-state index in [2.05, 4.69) is 52.6 Å². The van der Waals surface area contributed by atoms with Crippen LogP contribution in [-0.4, -0.2) is 13.1 Å². The number of nitrogens with two attached hydrogens (primary N) is 1. The lowest BCUT2D eigenvalue weighted by molar-refractivity contribution is 0.709. The molecule has 0 aromatic heterocycles. The lowest BCUT2D eigenvalue weighted by atomic mass is 10.2. The second-order valence-corrected chi connectivity index (χ2v) is 5.84. The zero-order valence-electron chi connectivity index (χ0n) is 9.75. The lowest BCUT2D eigenvalue weighted by Crippen LogP contribution is -2.27. The van der Waals surface area contributed by atoms with Crippen LogP contribution in [-0.2, 0) is 0 Å². The molecule has 0 saturated heterocycles. The first kappa shape index (κ1) is 12.0. The van der Waals surface area contributed by atoms with Crippen molar-refractivity contribution in [1.82, 2.24) is 0 Å². The van der Waals surface area contributed by atoms with E-state index < -0.39 is 0 Å². The quantitative estimate of drug-likeness (QED) is 0.661. The van der Waals surface area contributed by atoms with Crippen molar-refractivity contribution in [2.75, 3.05) is 23.7 Å². The molecule has 2 rings (SSSR count). The van der Waals surface area contributed by atoms with Gasteiger partial charge in [0, 0.05) is 16.7 Å². The number of benzene rings is 1. The highest BCUT2D eigenvalue weighted by Gasteiger charge is 2.24. The van der Waals surface area contributed by atoms with Gasteiger partial charge in [-0.05, 0) is 66.0 Å². The van der Waals surface area contributed by atoms with E-state index in [1.54, 1.807) is 0 Å². The largest absolute Gasteiger partial charge is 0.397 e. The predicted molar refractivity (Wildman–Crippen MR) is 78.8 cm³/mol. The summed E-state index contributed by atoms with van der Waals surface area (Å²) in [5.41, 5.74) is 8.24. The number of rotatable bonds is 5. The van der Waals surface area contributed by atoms with Crippen LogP contribution in [0.3, 0.4) is 0 Å². The third-order valence-corrected chi connectivity index (χ3v) is 3.67. The van der Waals surface area contributed by atoms with Gasteiger partial charge in [-0.2, -0.15) is 0 Å². The third kappa shape index (κ3) is 3.03. The lowest BCUT2D eigenvalue weighted by Gasteiger charge is -2.25. The Kier molecular flexibility index (Phi) is 3.95. The minimum absolute atomic E-state index is 0.908. The molecule has 1 fully saturated rings. The Morgan fingerprint density at radius 1 is 1.44 bits per heavy atom. The van der Waals surface area contributed by atoms with Crippen molar-refractivity contribution >= 4 is 34.0 Å². The van der Waals surface area contributed by atoms with Gasteiger partial charge in [-0.1, -0.05) is 6.92 Å². The predicted octanol–water partition coefficient (Wildman–Crippen LogP) is 3.50. The topological polar surface area (TPSA) is 29.3 Å². The summed E-state index contributed by atoms with van der Waals surface area (Å²) in [7, 11) is 0. The van der Waals surface area contributed by atoms with Gasteiger partial charge in [0.05, 0.1) is 11.4 Å². The van der Waals surface area contributed by atoms with Crippen molar-refractivity contribution in [3.63, 3.8) is 0 Å². The van der Waals surface area contributed by atoms with Crippen LogP contribution in [0.5, 0.6) is 0 Å². The van der Waals surface area contributed by atoms with Crippen LogP contribution >= 0.6 is 22.6 Å².